The number of amides is 1. The van der Waals surface area contributed by atoms with E-state index in [1.54, 1.807) is 11.0 Å². The van der Waals surface area contributed by atoms with Gasteiger partial charge in [0.05, 0.1) is 18.2 Å². The third-order valence-electron chi connectivity index (χ3n) is 5.23. The molecule has 1 atom stereocenters. The second-order valence-electron chi connectivity index (χ2n) is 6.88. The molecule has 1 aliphatic carbocycles. The van der Waals surface area contributed by atoms with Crippen LogP contribution in [-0.4, -0.2) is 25.0 Å². The third kappa shape index (κ3) is 2.49. The third-order valence-corrected chi connectivity index (χ3v) is 5.23. The SMILES string of the molecule is COC(=O)[C@@H](N)Cc1ccc(N2C(=O)C3(CC3)c3cc(F)ccc32)cc1. The quantitative estimate of drug-likeness (QED) is 0.857. The lowest BCUT2D eigenvalue weighted by molar-refractivity contribution is -0.142. The van der Waals surface area contributed by atoms with E-state index in [-0.39, 0.29) is 11.7 Å². The van der Waals surface area contributed by atoms with Crippen LogP contribution in [0.1, 0.15) is 24.0 Å². The predicted molar refractivity (Wildman–Crippen MR) is 94.6 cm³/mol. The molecule has 26 heavy (non-hydrogen) atoms. The molecule has 1 amide bonds. The maximum absolute atomic E-state index is 13.7. The number of anilines is 2. The van der Waals surface area contributed by atoms with Crippen LogP contribution in [-0.2, 0) is 26.2 Å². The van der Waals surface area contributed by atoms with Gasteiger partial charge in [-0.25, -0.2) is 4.39 Å². The number of ether oxygens (including phenoxy) is 1. The van der Waals surface area contributed by atoms with Gasteiger partial charge >= 0.3 is 5.97 Å². The highest BCUT2D eigenvalue weighted by Gasteiger charge is 2.59. The van der Waals surface area contributed by atoms with E-state index in [2.05, 4.69) is 4.74 Å². The first-order valence-corrected chi connectivity index (χ1v) is 8.53. The molecule has 6 heteroatoms. The van der Waals surface area contributed by atoms with Crippen molar-refractivity contribution in [2.45, 2.75) is 30.7 Å². The standard InChI is InChI=1S/C20H19FN2O3/c1-26-18(24)16(22)10-12-2-5-14(6-3-12)23-17-7-4-13(21)11-15(17)20(8-9-20)19(23)25/h2-7,11,16H,8-10,22H2,1H3/t16-/m0/s1. The molecule has 2 aromatic carbocycles. The monoisotopic (exact) mass is 354 g/mol. The van der Waals surface area contributed by atoms with Crippen molar-refractivity contribution in [2.75, 3.05) is 12.0 Å². The summed E-state index contributed by atoms with van der Waals surface area (Å²) in [6, 6.07) is 11.1. The Morgan fingerprint density at radius 3 is 2.58 bits per heavy atom. The number of esters is 1. The smallest absolute Gasteiger partial charge is 0.322 e. The summed E-state index contributed by atoms with van der Waals surface area (Å²) in [7, 11) is 1.30. The molecule has 0 radical (unpaired) electrons. The van der Waals surface area contributed by atoms with Gasteiger partial charge in [0.2, 0.25) is 5.91 Å². The zero-order valence-electron chi connectivity index (χ0n) is 14.4. The normalized spacial score (nSPS) is 18.0. The fourth-order valence-corrected chi connectivity index (χ4v) is 3.66. The summed E-state index contributed by atoms with van der Waals surface area (Å²) < 4.78 is 18.3. The van der Waals surface area contributed by atoms with Crippen molar-refractivity contribution in [3.05, 3.63) is 59.4 Å². The zero-order valence-corrected chi connectivity index (χ0v) is 14.4. The maximum Gasteiger partial charge on any atom is 0.322 e. The number of methoxy groups -OCH3 is 1. The van der Waals surface area contributed by atoms with Crippen LogP contribution in [0, 0.1) is 5.82 Å². The number of hydrogen-bond acceptors (Lipinski definition) is 4. The molecule has 1 aliphatic heterocycles. The number of carbonyl (C=O) groups is 2. The second-order valence-corrected chi connectivity index (χ2v) is 6.88. The topological polar surface area (TPSA) is 72.6 Å². The number of fused-ring (bicyclic) bond motifs is 2. The highest BCUT2D eigenvalue weighted by atomic mass is 19.1. The molecular weight excluding hydrogens is 335 g/mol. The highest BCUT2D eigenvalue weighted by Crippen LogP contribution is 2.58. The first-order chi connectivity index (χ1) is 12.5. The maximum atomic E-state index is 13.7. The van der Waals surface area contributed by atoms with E-state index >= 15 is 0 Å². The Morgan fingerprint density at radius 1 is 1.27 bits per heavy atom. The highest BCUT2D eigenvalue weighted by molar-refractivity contribution is 6.14. The molecule has 134 valence electrons. The van der Waals surface area contributed by atoms with Gasteiger partial charge in [-0.1, -0.05) is 12.1 Å². The Balaban J connectivity index is 1.63. The fraction of sp³-hybridized carbons (Fsp3) is 0.300. The van der Waals surface area contributed by atoms with Gasteiger partial charge in [0.25, 0.3) is 0 Å². The molecule has 1 spiro atoms. The zero-order chi connectivity index (χ0) is 18.5. The van der Waals surface area contributed by atoms with Gasteiger partial charge < -0.3 is 10.5 Å². The number of nitrogens with two attached hydrogens (primary N) is 1. The van der Waals surface area contributed by atoms with Gasteiger partial charge in [-0.3, -0.25) is 14.5 Å². The Morgan fingerprint density at radius 2 is 1.96 bits per heavy atom. The number of rotatable bonds is 4. The molecule has 0 unspecified atom stereocenters. The molecule has 1 saturated carbocycles. The number of nitrogens with zero attached hydrogens (tertiary/aromatic N) is 1. The van der Waals surface area contributed by atoms with Gasteiger partial charge in [0.1, 0.15) is 11.9 Å². The minimum absolute atomic E-state index is 0.00267. The van der Waals surface area contributed by atoms with Crippen molar-refractivity contribution in [3.8, 4) is 0 Å². The van der Waals surface area contributed by atoms with Crippen molar-refractivity contribution in [2.24, 2.45) is 5.73 Å². The molecular formula is C20H19FN2O3. The lowest BCUT2D eigenvalue weighted by atomic mass is 9.98. The van der Waals surface area contributed by atoms with Crippen molar-refractivity contribution in [1.82, 2.24) is 0 Å². The van der Waals surface area contributed by atoms with Crippen molar-refractivity contribution in [1.29, 1.82) is 0 Å². The molecule has 0 aromatic heterocycles. The van der Waals surface area contributed by atoms with Crippen LogP contribution < -0.4 is 10.6 Å². The van der Waals surface area contributed by atoms with Crippen molar-refractivity contribution < 1.29 is 18.7 Å². The van der Waals surface area contributed by atoms with Crippen molar-refractivity contribution >= 4 is 23.3 Å². The van der Waals surface area contributed by atoms with Crippen LogP contribution in [0.2, 0.25) is 0 Å². The summed E-state index contributed by atoms with van der Waals surface area (Å²) in [6.07, 6.45) is 1.86. The Hall–Kier alpha value is -2.73. The molecule has 2 aliphatic rings. The summed E-state index contributed by atoms with van der Waals surface area (Å²) >= 11 is 0. The van der Waals surface area contributed by atoms with E-state index in [4.69, 9.17) is 5.73 Å². The first-order valence-electron chi connectivity index (χ1n) is 8.53. The summed E-state index contributed by atoms with van der Waals surface area (Å²) in [5.41, 5.74) is 8.35. The lowest BCUT2D eigenvalue weighted by Crippen LogP contribution is -2.33. The molecule has 2 N–H and O–H groups in total. The minimum atomic E-state index is -0.724. The van der Waals surface area contributed by atoms with Gasteiger partial charge in [-0.2, -0.15) is 0 Å². The Bertz CT molecular complexity index is 890. The number of halogens is 1. The largest absolute Gasteiger partial charge is 0.468 e. The van der Waals surface area contributed by atoms with E-state index in [1.807, 2.05) is 24.3 Å². The van der Waals surface area contributed by atoms with Gasteiger partial charge in [0.15, 0.2) is 0 Å². The van der Waals surface area contributed by atoms with Crippen LogP contribution in [0.5, 0.6) is 0 Å². The first kappa shape index (κ1) is 16.7. The number of carbonyl (C=O) groups excluding carboxylic acids is 2. The number of benzene rings is 2. The fourth-order valence-electron chi connectivity index (χ4n) is 3.66. The van der Waals surface area contributed by atoms with Crippen LogP contribution in [0.15, 0.2) is 42.5 Å². The summed E-state index contributed by atoms with van der Waals surface area (Å²) in [4.78, 5) is 26.1. The predicted octanol–water partition coefficient (Wildman–Crippen LogP) is 2.58. The summed E-state index contributed by atoms with van der Waals surface area (Å²) in [5, 5.41) is 0. The molecule has 5 nitrogen and oxygen atoms in total. The average molecular weight is 354 g/mol. The van der Waals surface area contributed by atoms with Crippen LogP contribution in [0.4, 0.5) is 15.8 Å². The van der Waals surface area contributed by atoms with Crippen LogP contribution >= 0.6 is 0 Å². The minimum Gasteiger partial charge on any atom is -0.468 e. The molecule has 0 bridgehead atoms. The summed E-state index contributed by atoms with van der Waals surface area (Å²) in [5.74, 6) is -0.788. The van der Waals surface area contributed by atoms with Gasteiger partial charge in [-0.15, -0.1) is 0 Å². The molecule has 4 rings (SSSR count). The Kier molecular flexibility index (Phi) is 3.80. The molecule has 0 saturated heterocycles. The average Bonchev–Trinajstić information content (AvgIpc) is 3.41. The molecule has 2 aromatic rings. The lowest BCUT2D eigenvalue weighted by Gasteiger charge is -2.19. The van der Waals surface area contributed by atoms with E-state index in [1.165, 1.54) is 19.2 Å². The van der Waals surface area contributed by atoms with Crippen LogP contribution in [0.3, 0.4) is 0 Å². The van der Waals surface area contributed by atoms with Crippen LogP contribution in [0.25, 0.3) is 0 Å². The molecule has 1 fully saturated rings. The van der Waals surface area contributed by atoms with Crippen molar-refractivity contribution in [3.63, 3.8) is 0 Å². The van der Waals surface area contributed by atoms with E-state index in [0.717, 1.165) is 35.3 Å². The van der Waals surface area contributed by atoms with Gasteiger partial charge in [-0.05, 0) is 60.7 Å². The summed E-state index contributed by atoms with van der Waals surface area (Å²) in [6.45, 7) is 0. The van der Waals surface area contributed by atoms with E-state index in [0.29, 0.717) is 6.42 Å². The van der Waals surface area contributed by atoms with Gasteiger partial charge in [0, 0.05) is 5.69 Å². The van der Waals surface area contributed by atoms with E-state index in [9.17, 15) is 14.0 Å². The Labute approximate surface area is 150 Å². The van der Waals surface area contributed by atoms with E-state index < -0.39 is 17.4 Å². The number of hydrogen-bond donors (Lipinski definition) is 1. The second kappa shape index (κ2) is 5.92. The molecule has 1 heterocycles.